The Labute approximate surface area is 206 Å². The van der Waals surface area contributed by atoms with E-state index < -0.39 is 13.7 Å². The minimum absolute atomic E-state index is 0.0410. The van der Waals surface area contributed by atoms with Crippen molar-refractivity contribution in [3.8, 4) is 0 Å². The van der Waals surface area contributed by atoms with Crippen LogP contribution in [0.3, 0.4) is 0 Å². The second-order valence-electron chi connectivity index (χ2n) is 11.5. The fraction of sp³-hybridized carbons (Fsp3) is 0.536. The summed E-state index contributed by atoms with van der Waals surface area (Å²) in [7, 11) is -2.28. The number of rotatable bonds is 7. The molecule has 0 aliphatic carbocycles. The number of piperidine rings is 1. The van der Waals surface area contributed by atoms with E-state index in [0.29, 0.717) is 5.02 Å². The van der Waals surface area contributed by atoms with Gasteiger partial charge in [-0.05, 0) is 86.3 Å². The highest BCUT2D eigenvalue weighted by Gasteiger charge is 2.44. The summed E-state index contributed by atoms with van der Waals surface area (Å²) in [5.41, 5.74) is 1.81. The number of likely N-dealkylation sites (tertiary alicyclic amines) is 1. The van der Waals surface area contributed by atoms with Gasteiger partial charge in [-0.3, -0.25) is 4.79 Å². The van der Waals surface area contributed by atoms with Gasteiger partial charge in [0.05, 0.1) is 5.41 Å². The zero-order valence-corrected chi connectivity index (χ0v) is 22.9. The van der Waals surface area contributed by atoms with E-state index in [0.717, 1.165) is 44.3 Å². The maximum absolute atomic E-state index is 13.6. The number of amides is 1. The van der Waals surface area contributed by atoms with Gasteiger partial charge < -0.3 is 9.70 Å². The van der Waals surface area contributed by atoms with E-state index in [2.05, 4.69) is 44.2 Å². The van der Waals surface area contributed by atoms with Crippen LogP contribution in [-0.4, -0.2) is 37.0 Å². The van der Waals surface area contributed by atoms with Crippen LogP contribution in [0.25, 0.3) is 0 Å². The molecule has 0 radical (unpaired) electrons. The van der Waals surface area contributed by atoms with Crippen molar-refractivity contribution in [1.82, 2.24) is 4.90 Å². The van der Waals surface area contributed by atoms with Crippen LogP contribution in [-0.2, 0) is 15.6 Å². The average molecular weight is 486 g/mol. The third-order valence-electron chi connectivity index (χ3n) is 8.38. The molecule has 0 bridgehead atoms. The fourth-order valence-corrected chi connectivity index (χ4v) is 5.72. The molecule has 180 valence electrons. The minimum Gasteiger partial charge on any atom is -0.432 e. The maximum Gasteiger partial charge on any atom is 0.232 e. The van der Waals surface area contributed by atoms with Crippen LogP contribution >= 0.6 is 11.6 Å². The molecule has 1 aliphatic heterocycles. The van der Waals surface area contributed by atoms with E-state index in [1.54, 1.807) is 0 Å². The van der Waals surface area contributed by atoms with E-state index in [1.165, 1.54) is 5.56 Å². The predicted molar refractivity (Wildman–Crippen MR) is 141 cm³/mol. The summed E-state index contributed by atoms with van der Waals surface area (Å²) in [6.07, 6.45) is 3.91. The summed E-state index contributed by atoms with van der Waals surface area (Å²) in [4.78, 5) is 26.5. The molecule has 2 aromatic rings. The van der Waals surface area contributed by atoms with E-state index in [4.69, 9.17) is 11.6 Å². The Morgan fingerprint density at radius 1 is 1.00 bits per heavy atom. The van der Waals surface area contributed by atoms with Crippen LogP contribution in [0.2, 0.25) is 23.2 Å². The van der Waals surface area contributed by atoms with Gasteiger partial charge in [-0.2, -0.15) is 0 Å². The van der Waals surface area contributed by atoms with Gasteiger partial charge in [-0.25, -0.2) is 0 Å². The third kappa shape index (κ3) is 5.55. The lowest BCUT2D eigenvalue weighted by atomic mass is 9.68. The zero-order chi connectivity index (χ0) is 24.5. The Morgan fingerprint density at radius 2 is 1.55 bits per heavy atom. The molecule has 0 atom stereocenters. The normalized spacial score (nSPS) is 17.2. The molecule has 0 aromatic heterocycles. The lowest BCUT2D eigenvalue weighted by Gasteiger charge is -2.46. The van der Waals surface area contributed by atoms with Crippen LogP contribution < -0.4 is 0 Å². The van der Waals surface area contributed by atoms with Gasteiger partial charge in [0.25, 0.3) is 0 Å². The molecule has 1 amide bonds. The molecule has 3 rings (SSSR count). The van der Waals surface area contributed by atoms with Gasteiger partial charge >= 0.3 is 0 Å². The van der Waals surface area contributed by atoms with Crippen molar-refractivity contribution in [2.45, 2.75) is 82.3 Å². The quantitative estimate of drug-likeness (QED) is 0.431. The number of carbonyl (C=O) groups excluding carboxylic acids is 1. The summed E-state index contributed by atoms with van der Waals surface area (Å²) >= 11 is 6.06. The summed E-state index contributed by atoms with van der Waals surface area (Å²) in [6.45, 7) is 14.0. The van der Waals surface area contributed by atoms with Gasteiger partial charge in [0, 0.05) is 18.1 Å². The van der Waals surface area contributed by atoms with E-state index >= 15 is 0 Å². The Morgan fingerprint density at radius 3 is 2.06 bits per heavy atom. The number of benzene rings is 2. The van der Waals surface area contributed by atoms with Crippen LogP contribution in [0.15, 0.2) is 54.6 Å². The predicted octanol–water partition coefficient (Wildman–Crippen LogP) is 6.94. The molecule has 1 N–H and O–H groups in total. The van der Waals surface area contributed by atoms with Crippen molar-refractivity contribution in [3.63, 3.8) is 0 Å². The monoisotopic (exact) mass is 485 g/mol. The lowest BCUT2D eigenvalue weighted by Crippen LogP contribution is -2.51. The molecule has 5 heteroatoms. The Balaban J connectivity index is 1.79. The number of carbonyl (C=O) groups is 1. The topological polar surface area (TPSA) is 40.5 Å². The van der Waals surface area contributed by atoms with Gasteiger partial charge in [0.2, 0.25) is 5.91 Å². The molecule has 0 spiro atoms. The van der Waals surface area contributed by atoms with Crippen molar-refractivity contribution in [2.24, 2.45) is 0 Å². The first-order valence-electron chi connectivity index (χ1n) is 12.1. The minimum atomic E-state index is -2.28. The third-order valence-corrected chi connectivity index (χ3v) is 12.2. The highest BCUT2D eigenvalue weighted by molar-refractivity contribution is 6.72. The Kier molecular flexibility index (Phi) is 7.53. The summed E-state index contributed by atoms with van der Waals surface area (Å²) in [6, 6.07) is 18.4. The van der Waals surface area contributed by atoms with E-state index in [-0.39, 0.29) is 16.4 Å². The first-order chi connectivity index (χ1) is 15.3. The molecule has 0 saturated carbocycles. The SMILES string of the molecule is CC(C)(C(=O)N1CCC(CCC(C)(C)[Si](C)(C)O)(c2ccccc2)CC1)c1ccc(Cl)cc1. The van der Waals surface area contributed by atoms with Crippen molar-refractivity contribution >= 4 is 25.8 Å². The fourth-order valence-electron chi connectivity index (χ4n) is 4.86. The second-order valence-corrected chi connectivity index (χ2v) is 16.4. The first kappa shape index (κ1) is 26.0. The first-order valence-corrected chi connectivity index (χ1v) is 15.4. The molecule has 1 aliphatic rings. The van der Waals surface area contributed by atoms with Crippen LogP contribution in [0.4, 0.5) is 0 Å². The molecule has 1 fully saturated rings. The van der Waals surface area contributed by atoms with Gasteiger partial charge in [0.15, 0.2) is 8.32 Å². The van der Waals surface area contributed by atoms with Gasteiger partial charge in [0.1, 0.15) is 0 Å². The van der Waals surface area contributed by atoms with Gasteiger partial charge in [-0.1, -0.05) is 67.9 Å². The average Bonchev–Trinajstić information content (AvgIpc) is 2.78. The molecule has 2 aromatic carbocycles. The van der Waals surface area contributed by atoms with Crippen molar-refractivity contribution in [2.75, 3.05) is 13.1 Å². The molecule has 0 unspecified atom stereocenters. The number of hydrogen-bond acceptors (Lipinski definition) is 2. The van der Waals surface area contributed by atoms with Crippen LogP contribution in [0, 0.1) is 0 Å². The Hall–Kier alpha value is -1.62. The molecular weight excluding hydrogens is 446 g/mol. The lowest BCUT2D eigenvalue weighted by molar-refractivity contribution is -0.138. The van der Waals surface area contributed by atoms with Crippen molar-refractivity contribution in [1.29, 1.82) is 0 Å². The van der Waals surface area contributed by atoms with E-state index in [1.807, 2.05) is 56.1 Å². The molecule has 1 saturated heterocycles. The highest BCUT2D eigenvalue weighted by atomic mass is 35.5. The molecular formula is C28H40ClNO2Si. The van der Waals surface area contributed by atoms with Crippen LogP contribution in [0.1, 0.15) is 64.5 Å². The zero-order valence-electron chi connectivity index (χ0n) is 21.1. The number of halogens is 1. The maximum atomic E-state index is 13.6. The highest BCUT2D eigenvalue weighted by Crippen LogP contribution is 2.47. The van der Waals surface area contributed by atoms with Crippen LogP contribution in [0.5, 0.6) is 0 Å². The number of hydrogen-bond donors (Lipinski definition) is 1. The van der Waals surface area contributed by atoms with Gasteiger partial charge in [-0.15, -0.1) is 0 Å². The standard InChI is InChI=1S/C28H40ClNO2Si/c1-26(2,33(5,6)32)16-17-28(23-10-8-7-9-11-23)18-20-30(21-19-28)25(31)27(3,4)22-12-14-24(29)15-13-22/h7-15,32H,16-21H2,1-6H3. The van der Waals surface area contributed by atoms with Crippen molar-refractivity contribution in [3.05, 3.63) is 70.7 Å². The molecule has 33 heavy (non-hydrogen) atoms. The summed E-state index contributed by atoms with van der Waals surface area (Å²) in [5, 5.41) is 0.628. The van der Waals surface area contributed by atoms with E-state index in [9.17, 15) is 9.59 Å². The van der Waals surface area contributed by atoms with Crippen molar-refractivity contribution < 1.29 is 9.59 Å². The largest absolute Gasteiger partial charge is 0.432 e. The summed E-state index contributed by atoms with van der Waals surface area (Å²) < 4.78 is 0. The second kappa shape index (κ2) is 9.56. The molecule has 1 heterocycles. The summed E-state index contributed by atoms with van der Waals surface area (Å²) in [5.74, 6) is 0.177. The Bertz CT molecular complexity index is 940. The number of nitrogens with zero attached hydrogens (tertiary/aromatic N) is 1. The molecule has 3 nitrogen and oxygen atoms in total. The smallest absolute Gasteiger partial charge is 0.232 e.